The van der Waals surface area contributed by atoms with Gasteiger partial charge in [-0.15, -0.1) is 0 Å². The van der Waals surface area contributed by atoms with Gasteiger partial charge in [-0.2, -0.15) is 0 Å². The average Bonchev–Trinajstić information content (AvgIpc) is 2.92. The molecule has 0 atom stereocenters. The number of esters is 1. The van der Waals surface area contributed by atoms with Gasteiger partial charge < -0.3 is 9.47 Å². The molecule has 0 N–H and O–H groups in total. The van der Waals surface area contributed by atoms with Crippen LogP contribution in [-0.4, -0.2) is 12.6 Å². The number of cyclic esters (lactones) is 1. The minimum absolute atomic E-state index is 0.381. The van der Waals surface area contributed by atoms with E-state index in [4.69, 9.17) is 21.1 Å². The lowest BCUT2D eigenvalue weighted by atomic mass is 10.1. The van der Waals surface area contributed by atoms with Crippen molar-refractivity contribution in [3.63, 3.8) is 0 Å². The monoisotopic (exact) mass is 326 g/mol. The highest BCUT2D eigenvalue weighted by molar-refractivity contribution is 6.32. The Morgan fingerprint density at radius 1 is 1.13 bits per heavy atom. The van der Waals surface area contributed by atoms with Gasteiger partial charge >= 0.3 is 5.97 Å². The zero-order valence-corrected chi connectivity index (χ0v) is 13.3. The first-order valence-electron chi connectivity index (χ1n) is 7.30. The third kappa shape index (κ3) is 3.46. The number of rotatable bonds is 4. The standard InChI is InChI=1S/C19H15ClO3/c1-2-22-16-9-7-13(8-10-16)18-12-15(19(21)23-18)11-14-5-3-4-6-17(14)20/h3-12H,2H2,1H3/b15-11-. The van der Waals surface area contributed by atoms with E-state index in [0.717, 1.165) is 16.9 Å². The molecule has 116 valence electrons. The minimum atomic E-state index is -0.381. The van der Waals surface area contributed by atoms with Crippen LogP contribution in [0.5, 0.6) is 5.75 Å². The molecule has 1 aliphatic heterocycles. The molecule has 0 fully saturated rings. The summed E-state index contributed by atoms with van der Waals surface area (Å²) < 4.78 is 10.7. The number of carbonyl (C=O) groups excluding carboxylic acids is 1. The van der Waals surface area contributed by atoms with Crippen molar-refractivity contribution in [2.24, 2.45) is 0 Å². The molecule has 0 aliphatic carbocycles. The van der Waals surface area contributed by atoms with E-state index in [1.165, 1.54) is 0 Å². The second-order valence-electron chi connectivity index (χ2n) is 4.98. The zero-order valence-electron chi connectivity index (χ0n) is 12.6. The van der Waals surface area contributed by atoms with E-state index in [1.54, 1.807) is 18.2 Å². The van der Waals surface area contributed by atoms with Crippen LogP contribution in [0.3, 0.4) is 0 Å². The summed E-state index contributed by atoms with van der Waals surface area (Å²) in [6.45, 7) is 2.54. The molecular formula is C19H15ClO3. The fourth-order valence-electron chi connectivity index (χ4n) is 2.27. The van der Waals surface area contributed by atoms with E-state index in [2.05, 4.69) is 0 Å². The molecule has 3 rings (SSSR count). The molecule has 4 heteroatoms. The molecule has 0 saturated heterocycles. The summed E-state index contributed by atoms with van der Waals surface area (Å²) >= 11 is 6.12. The number of hydrogen-bond acceptors (Lipinski definition) is 3. The fraction of sp³-hybridized carbons (Fsp3) is 0.105. The lowest BCUT2D eigenvalue weighted by Crippen LogP contribution is -1.97. The molecule has 0 unspecified atom stereocenters. The third-order valence-electron chi connectivity index (χ3n) is 3.39. The molecule has 0 amide bonds. The highest BCUT2D eigenvalue weighted by atomic mass is 35.5. The number of hydrogen-bond donors (Lipinski definition) is 0. The third-order valence-corrected chi connectivity index (χ3v) is 3.74. The van der Waals surface area contributed by atoms with Crippen molar-refractivity contribution < 1.29 is 14.3 Å². The maximum absolute atomic E-state index is 12.0. The van der Waals surface area contributed by atoms with Crippen molar-refractivity contribution >= 4 is 29.4 Å². The first-order chi connectivity index (χ1) is 11.2. The zero-order chi connectivity index (χ0) is 16.2. The van der Waals surface area contributed by atoms with Gasteiger partial charge in [-0.25, -0.2) is 4.79 Å². The van der Waals surface area contributed by atoms with Gasteiger partial charge in [0.25, 0.3) is 0 Å². The smallest absolute Gasteiger partial charge is 0.343 e. The molecule has 1 aliphatic rings. The van der Waals surface area contributed by atoms with Crippen LogP contribution in [0.1, 0.15) is 18.1 Å². The van der Waals surface area contributed by atoms with Gasteiger partial charge in [-0.05, 0) is 55.0 Å². The quantitative estimate of drug-likeness (QED) is 0.602. The summed E-state index contributed by atoms with van der Waals surface area (Å²) in [5.41, 5.74) is 2.08. The van der Waals surface area contributed by atoms with E-state index < -0.39 is 0 Å². The second-order valence-corrected chi connectivity index (χ2v) is 5.38. The predicted octanol–water partition coefficient (Wildman–Crippen LogP) is 4.72. The Morgan fingerprint density at radius 3 is 2.57 bits per heavy atom. The Bertz CT molecular complexity index is 789. The Balaban J connectivity index is 1.88. The lowest BCUT2D eigenvalue weighted by Gasteiger charge is -2.05. The van der Waals surface area contributed by atoms with Crippen LogP contribution >= 0.6 is 11.6 Å². The molecule has 0 bridgehead atoms. The van der Waals surface area contributed by atoms with Crippen molar-refractivity contribution in [1.29, 1.82) is 0 Å². The van der Waals surface area contributed by atoms with Crippen molar-refractivity contribution in [1.82, 2.24) is 0 Å². The van der Waals surface area contributed by atoms with Crippen LogP contribution < -0.4 is 4.74 Å². The summed E-state index contributed by atoms with van der Waals surface area (Å²) in [5.74, 6) is 0.929. The van der Waals surface area contributed by atoms with E-state index in [0.29, 0.717) is 23.0 Å². The van der Waals surface area contributed by atoms with Crippen molar-refractivity contribution in [2.45, 2.75) is 6.92 Å². The molecule has 0 aromatic heterocycles. The molecule has 23 heavy (non-hydrogen) atoms. The summed E-state index contributed by atoms with van der Waals surface area (Å²) in [4.78, 5) is 12.0. The number of ether oxygens (including phenoxy) is 2. The Morgan fingerprint density at radius 2 is 1.87 bits per heavy atom. The van der Waals surface area contributed by atoms with Gasteiger partial charge in [0, 0.05) is 10.6 Å². The van der Waals surface area contributed by atoms with Gasteiger partial charge in [0.15, 0.2) is 0 Å². The van der Waals surface area contributed by atoms with Crippen LogP contribution in [0.4, 0.5) is 0 Å². The van der Waals surface area contributed by atoms with Gasteiger partial charge in [0.05, 0.1) is 12.2 Å². The van der Waals surface area contributed by atoms with Crippen LogP contribution in [0.2, 0.25) is 5.02 Å². The molecule has 2 aromatic carbocycles. The molecule has 0 spiro atoms. The summed E-state index contributed by atoms with van der Waals surface area (Å²) in [6.07, 6.45) is 3.45. The van der Waals surface area contributed by atoms with E-state index >= 15 is 0 Å². The Labute approximate surface area is 139 Å². The first-order valence-corrected chi connectivity index (χ1v) is 7.68. The molecule has 2 aromatic rings. The maximum Gasteiger partial charge on any atom is 0.343 e. The highest BCUT2D eigenvalue weighted by Crippen LogP contribution is 2.29. The van der Waals surface area contributed by atoms with Crippen molar-refractivity contribution in [3.8, 4) is 5.75 Å². The largest absolute Gasteiger partial charge is 0.494 e. The average molecular weight is 327 g/mol. The van der Waals surface area contributed by atoms with Gasteiger partial charge in [-0.1, -0.05) is 29.8 Å². The van der Waals surface area contributed by atoms with Gasteiger partial charge in [0.1, 0.15) is 11.5 Å². The van der Waals surface area contributed by atoms with Crippen LogP contribution in [0.15, 0.2) is 60.2 Å². The maximum atomic E-state index is 12.0. The SMILES string of the molecule is CCOc1ccc(C2=C/C(=C/c3ccccc3Cl)C(=O)O2)cc1. The second kappa shape index (κ2) is 6.71. The van der Waals surface area contributed by atoms with Gasteiger partial charge in [-0.3, -0.25) is 0 Å². The van der Waals surface area contributed by atoms with Crippen molar-refractivity contribution in [3.05, 3.63) is 76.3 Å². The van der Waals surface area contributed by atoms with Gasteiger partial charge in [0.2, 0.25) is 0 Å². The van der Waals surface area contributed by atoms with Crippen LogP contribution in [-0.2, 0) is 9.53 Å². The predicted molar refractivity (Wildman–Crippen MR) is 91.1 cm³/mol. The van der Waals surface area contributed by atoms with E-state index in [1.807, 2.05) is 49.4 Å². The molecular weight excluding hydrogens is 312 g/mol. The Hall–Kier alpha value is -2.52. The number of halogens is 1. The van der Waals surface area contributed by atoms with E-state index in [9.17, 15) is 4.79 Å². The summed E-state index contributed by atoms with van der Waals surface area (Å²) in [5, 5.41) is 0.593. The minimum Gasteiger partial charge on any atom is -0.494 e. The fourth-order valence-corrected chi connectivity index (χ4v) is 2.46. The molecule has 1 heterocycles. The van der Waals surface area contributed by atoms with Crippen LogP contribution in [0.25, 0.3) is 11.8 Å². The Kier molecular flexibility index (Phi) is 4.49. The van der Waals surface area contributed by atoms with E-state index in [-0.39, 0.29) is 5.97 Å². The highest BCUT2D eigenvalue weighted by Gasteiger charge is 2.22. The number of carbonyl (C=O) groups is 1. The normalized spacial score (nSPS) is 15.5. The topological polar surface area (TPSA) is 35.5 Å². The van der Waals surface area contributed by atoms with Crippen molar-refractivity contribution in [2.75, 3.05) is 6.61 Å². The summed E-state index contributed by atoms with van der Waals surface area (Å²) in [7, 11) is 0. The van der Waals surface area contributed by atoms with Crippen LogP contribution in [0, 0.1) is 0 Å². The lowest BCUT2D eigenvalue weighted by molar-refractivity contribution is -0.130. The number of benzene rings is 2. The first kappa shape index (κ1) is 15.4. The molecule has 0 radical (unpaired) electrons. The summed E-state index contributed by atoms with van der Waals surface area (Å²) in [6, 6.07) is 14.8. The molecule has 0 saturated carbocycles. The molecule has 3 nitrogen and oxygen atoms in total.